The van der Waals surface area contributed by atoms with Crippen LogP contribution in [-0.2, 0) is 4.79 Å². The van der Waals surface area contributed by atoms with Crippen molar-refractivity contribution < 1.29 is 9.53 Å². The van der Waals surface area contributed by atoms with Crippen LogP contribution in [0.2, 0.25) is 0 Å². The molecule has 1 amide bonds. The van der Waals surface area contributed by atoms with Gasteiger partial charge in [0.1, 0.15) is 5.75 Å². The van der Waals surface area contributed by atoms with Crippen LogP contribution in [0.1, 0.15) is 16.7 Å². The molecule has 0 atom stereocenters. The molecule has 0 bridgehead atoms. The molecular weight excluding hydrogens is 278 g/mol. The molecule has 0 aliphatic carbocycles. The topological polar surface area (TPSA) is 74.5 Å². The summed E-state index contributed by atoms with van der Waals surface area (Å²) in [5.74, 6) is 0.303. The summed E-state index contributed by atoms with van der Waals surface area (Å²) in [5.41, 5.74) is 4.82. The lowest BCUT2D eigenvalue weighted by Crippen LogP contribution is -2.24. The molecule has 0 aliphatic heterocycles. The number of hydrazone groups is 1. The molecular formula is C17H15N3O2. The fourth-order valence-electron chi connectivity index (χ4n) is 1.71. The van der Waals surface area contributed by atoms with Gasteiger partial charge in [-0.2, -0.15) is 10.4 Å². The molecule has 0 unspecified atom stereocenters. The van der Waals surface area contributed by atoms with Crippen LogP contribution in [0.25, 0.3) is 0 Å². The highest BCUT2D eigenvalue weighted by Crippen LogP contribution is 2.11. The van der Waals surface area contributed by atoms with Crippen molar-refractivity contribution in [3.05, 3.63) is 65.2 Å². The first-order chi connectivity index (χ1) is 10.7. The molecule has 0 aromatic heterocycles. The van der Waals surface area contributed by atoms with Gasteiger partial charge in [-0.3, -0.25) is 4.79 Å². The van der Waals surface area contributed by atoms with Gasteiger partial charge in [0.2, 0.25) is 0 Å². The fourth-order valence-corrected chi connectivity index (χ4v) is 1.71. The Bertz CT molecular complexity index is 715. The zero-order chi connectivity index (χ0) is 15.8. The van der Waals surface area contributed by atoms with Crippen molar-refractivity contribution in [1.29, 1.82) is 5.26 Å². The van der Waals surface area contributed by atoms with E-state index in [-0.39, 0.29) is 12.5 Å². The average molecular weight is 293 g/mol. The lowest BCUT2D eigenvalue weighted by Gasteiger charge is -2.05. The molecule has 2 aromatic carbocycles. The molecule has 0 saturated carbocycles. The molecule has 22 heavy (non-hydrogen) atoms. The summed E-state index contributed by atoms with van der Waals surface area (Å²) >= 11 is 0. The van der Waals surface area contributed by atoms with E-state index in [1.807, 2.05) is 31.2 Å². The van der Waals surface area contributed by atoms with Crippen molar-refractivity contribution in [2.24, 2.45) is 5.10 Å². The lowest BCUT2D eigenvalue weighted by atomic mass is 10.2. The van der Waals surface area contributed by atoms with Crippen LogP contribution in [0.4, 0.5) is 0 Å². The SMILES string of the molecule is Cc1cccc(OCC(=O)N/N=C/c2ccc(C#N)cc2)c1. The summed E-state index contributed by atoms with van der Waals surface area (Å²) in [6.45, 7) is 1.85. The highest BCUT2D eigenvalue weighted by Gasteiger charge is 2.01. The van der Waals surface area contributed by atoms with Crippen LogP contribution in [0, 0.1) is 18.3 Å². The molecule has 0 radical (unpaired) electrons. The number of hydrogen-bond donors (Lipinski definition) is 1. The second-order valence-corrected chi connectivity index (χ2v) is 4.63. The largest absolute Gasteiger partial charge is 0.484 e. The molecule has 5 nitrogen and oxygen atoms in total. The minimum Gasteiger partial charge on any atom is -0.484 e. The Morgan fingerprint density at radius 2 is 2.09 bits per heavy atom. The van der Waals surface area contributed by atoms with Gasteiger partial charge in [-0.1, -0.05) is 24.3 Å². The Labute approximate surface area is 128 Å². The van der Waals surface area contributed by atoms with Gasteiger partial charge in [0, 0.05) is 0 Å². The number of nitriles is 1. The summed E-state index contributed by atoms with van der Waals surface area (Å²) in [7, 11) is 0. The maximum atomic E-state index is 11.6. The van der Waals surface area contributed by atoms with Crippen LogP contribution >= 0.6 is 0 Å². The van der Waals surface area contributed by atoms with E-state index in [0.29, 0.717) is 11.3 Å². The van der Waals surface area contributed by atoms with Crippen LogP contribution in [-0.4, -0.2) is 18.7 Å². The van der Waals surface area contributed by atoms with Gasteiger partial charge in [0.25, 0.3) is 5.91 Å². The molecule has 0 aliphatic rings. The number of carbonyl (C=O) groups is 1. The zero-order valence-electron chi connectivity index (χ0n) is 12.1. The number of rotatable bonds is 5. The summed E-state index contributed by atoms with van der Waals surface area (Å²) < 4.78 is 5.36. The number of nitrogens with one attached hydrogen (secondary N) is 1. The van der Waals surface area contributed by atoms with E-state index in [2.05, 4.69) is 10.5 Å². The van der Waals surface area contributed by atoms with Gasteiger partial charge in [-0.25, -0.2) is 5.43 Å². The number of hydrogen-bond acceptors (Lipinski definition) is 4. The predicted molar refractivity (Wildman–Crippen MR) is 83.6 cm³/mol. The van der Waals surface area contributed by atoms with Gasteiger partial charge < -0.3 is 4.74 Å². The minimum absolute atomic E-state index is 0.103. The third kappa shape index (κ3) is 4.76. The van der Waals surface area contributed by atoms with Crippen LogP contribution < -0.4 is 10.2 Å². The van der Waals surface area contributed by atoms with E-state index in [1.165, 1.54) is 6.21 Å². The summed E-state index contributed by atoms with van der Waals surface area (Å²) in [5, 5.41) is 12.5. The maximum Gasteiger partial charge on any atom is 0.277 e. The third-order valence-corrected chi connectivity index (χ3v) is 2.80. The Morgan fingerprint density at radius 3 is 2.77 bits per heavy atom. The van der Waals surface area contributed by atoms with E-state index in [4.69, 9.17) is 10.00 Å². The first-order valence-electron chi connectivity index (χ1n) is 6.69. The van der Waals surface area contributed by atoms with Gasteiger partial charge in [0.15, 0.2) is 6.61 Å². The number of amides is 1. The Morgan fingerprint density at radius 1 is 1.32 bits per heavy atom. The van der Waals surface area contributed by atoms with Gasteiger partial charge >= 0.3 is 0 Å². The molecule has 0 fully saturated rings. The Kier molecular flexibility index (Phi) is 5.27. The zero-order valence-corrected chi connectivity index (χ0v) is 12.1. The molecule has 1 N–H and O–H groups in total. The quantitative estimate of drug-likeness (QED) is 0.679. The second kappa shape index (κ2) is 7.60. The predicted octanol–water partition coefficient (Wildman–Crippen LogP) is 2.40. The third-order valence-electron chi connectivity index (χ3n) is 2.80. The van der Waals surface area contributed by atoms with Gasteiger partial charge in [-0.05, 0) is 42.3 Å². The van der Waals surface area contributed by atoms with E-state index in [9.17, 15) is 4.79 Å². The van der Waals surface area contributed by atoms with Gasteiger partial charge in [0.05, 0.1) is 17.8 Å². The van der Waals surface area contributed by atoms with Crippen molar-refractivity contribution in [2.75, 3.05) is 6.61 Å². The van der Waals surface area contributed by atoms with Crippen LogP contribution in [0.15, 0.2) is 53.6 Å². The Hall–Kier alpha value is -3.13. The summed E-state index contributed by atoms with van der Waals surface area (Å²) in [4.78, 5) is 11.6. The van der Waals surface area contributed by atoms with E-state index >= 15 is 0 Å². The summed E-state index contributed by atoms with van der Waals surface area (Å²) in [6.07, 6.45) is 1.51. The van der Waals surface area contributed by atoms with Crippen molar-refractivity contribution >= 4 is 12.1 Å². The molecule has 0 heterocycles. The molecule has 2 rings (SSSR count). The number of benzene rings is 2. The highest BCUT2D eigenvalue weighted by atomic mass is 16.5. The second-order valence-electron chi connectivity index (χ2n) is 4.63. The fraction of sp³-hybridized carbons (Fsp3) is 0.118. The minimum atomic E-state index is -0.341. The number of carbonyl (C=O) groups excluding carboxylic acids is 1. The van der Waals surface area contributed by atoms with Crippen molar-refractivity contribution in [2.45, 2.75) is 6.92 Å². The number of aryl methyl sites for hydroxylation is 1. The lowest BCUT2D eigenvalue weighted by molar-refractivity contribution is -0.123. The molecule has 5 heteroatoms. The molecule has 2 aromatic rings. The van der Waals surface area contributed by atoms with Crippen LogP contribution in [0.3, 0.4) is 0 Å². The van der Waals surface area contributed by atoms with E-state index in [0.717, 1.165) is 11.1 Å². The van der Waals surface area contributed by atoms with Crippen LogP contribution in [0.5, 0.6) is 5.75 Å². The smallest absolute Gasteiger partial charge is 0.277 e. The van der Waals surface area contributed by atoms with Crippen molar-refractivity contribution in [3.63, 3.8) is 0 Å². The highest BCUT2D eigenvalue weighted by molar-refractivity contribution is 5.83. The average Bonchev–Trinajstić information content (AvgIpc) is 2.54. The normalized spacial score (nSPS) is 10.2. The monoisotopic (exact) mass is 293 g/mol. The van der Waals surface area contributed by atoms with E-state index < -0.39 is 0 Å². The van der Waals surface area contributed by atoms with Gasteiger partial charge in [-0.15, -0.1) is 0 Å². The number of nitrogens with zero attached hydrogens (tertiary/aromatic N) is 2. The standard InChI is InChI=1S/C17H15N3O2/c1-13-3-2-4-16(9-13)22-12-17(21)20-19-11-15-7-5-14(10-18)6-8-15/h2-9,11H,12H2,1H3,(H,20,21)/b19-11+. The van der Waals surface area contributed by atoms with E-state index in [1.54, 1.807) is 30.3 Å². The maximum absolute atomic E-state index is 11.6. The first kappa shape index (κ1) is 15.3. The molecule has 0 saturated heterocycles. The first-order valence-corrected chi connectivity index (χ1v) is 6.69. The van der Waals surface area contributed by atoms with Crippen molar-refractivity contribution in [3.8, 4) is 11.8 Å². The summed E-state index contributed by atoms with van der Waals surface area (Å²) in [6, 6.07) is 16.4. The van der Waals surface area contributed by atoms with Crippen molar-refractivity contribution in [1.82, 2.24) is 5.43 Å². The molecule has 0 spiro atoms. The Balaban J connectivity index is 1.79. The molecule has 110 valence electrons. The number of ether oxygens (including phenoxy) is 1.